The van der Waals surface area contributed by atoms with Gasteiger partial charge in [0.15, 0.2) is 0 Å². The third kappa shape index (κ3) is 5.05. The van der Waals surface area contributed by atoms with Crippen LogP contribution in [0.5, 0.6) is 0 Å². The van der Waals surface area contributed by atoms with Gasteiger partial charge < -0.3 is 4.90 Å². The van der Waals surface area contributed by atoms with E-state index in [9.17, 15) is 0 Å². The molecule has 0 N–H and O–H groups in total. The first kappa shape index (κ1) is 13.1. The zero-order valence-electron chi connectivity index (χ0n) is 9.28. The molecule has 0 fully saturated rings. The van der Waals surface area contributed by atoms with Crippen molar-refractivity contribution in [3.8, 4) is 0 Å². The second-order valence-corrected chi connectivity index (χ2v) is 5.39. The number of thiol groups is 1. The molecule has 0 spiro atoms. The van der Waals surface area contributed by atoms with Gasteiger partial charge in [0.2, 0.25) is 0 Å². The Labute approximate surface area is 106 Å². The second-order valence-electron chi connectivity index (χ2n) is 4.11. The van der Waals surface area contributed by atoms with Crippen LogP contribution in [0.15, 0.2) is 28.7 Å². The molecule has 84 valence electrons. The Morgan fingerprint density at radius 3 is 2.47 bits per heavy atom. The number of nitrogens with zero attached hydrogens (tertiary/aromatic N) is 1. The summed E-state index contributed by atoms with van der Waals surface area (Å²) < 4.78 is 1.14. The molecule has 0 saturated carbocycles. The SMILES string of the molecule is CC(CS)CN(C)Cc1ccc(Br)cc1. The highest BCUT2D eigenvalue weighted by Crippen LogP contribution is 2.12. The van der Waals surface area contributed by atoms with Gasteiger partial charge in [-0.25, -0.2) is 0 Å². The highest BCUT2D eigenvalue weighted by atomic mass is 79.9. The lowest BCUT2D eigenvalue weighted by molar-refractivity contribution is 0.291. The van der Waals surface area contributed by atoms with E-state index in [0.717, 1.165) is 23.3 Å². The Balaban J connectivity index is 2.44. The van der Waals surface area contributed by atoms with Crippen molar-refractivity contribution in [2.75, 3.05) is 19.3 Å². The lowest BCUT2D eigenvalue weighted by Crippen LogP contribution is -2.24. The molecule has 0 bridgehead atoms. The van der Waals surface area contributed by atoms with Crippen molar-refractivity contribution in [1.82, 2.24) is 4.90 Å². The molecular formula is C12H18BrNS. The predicted octanol–water partition coefficient (Wildman–Crippen LogP) is 3.45. The Kier molecular flexibility index (Phi) is 5.72. The van der Waals surface area contributed by atoms with Crippen molar-refractivity contribution in [3.63, 3.8) is 0 Å². The molecule has 1 nitrogen and oxygen atoms in total. The first-order chi connectivity index (χ1) is 7.11. The molecular weight excluding hydrogens is 270 g/mol. The van der Waals surface area contributed by atoms with E-state index in [4.69, 9.17) is 0 Å². The van der Waals surface area contributed by atoms with Crippen LogP contribution >= 0.6 is 28.6 Å². The average Bonchev–Trinajstić information content (AvgIpc) is 2.21. The maximum absolute atomic E-state index is 4.30. The largest absolute Gasteiger partial charge is 0.302 e. The van der Waals surface area contributed by atoms with Crippen molar-refractivity contribution < 1.29 is 0 Å². The number of benzene rings is 1. The molecule has 1 atom stereocenters. The van der Waals surface area contributed by atoms with Gasteiger partial charge in [0.25, 0.3) is 0 Å². The smallest absolute Gasteiger partial charge is 0.0230 e. The fourth-order valence-corrected chi connectivity index (χ4v) is 1.94. The zero-order chi connectivity index (χ0) is 11.3. The van der Waals surface area contributed by atoms with Crippen LogP contribution in [0.4, 0.5) is 0 Å². The number of hydrogen-bond donors (Lipinski definition) is 1. The van der Waals surface area contributed by atoms with Gasteiger partial charge in [-0.2, -0.15) is 12.6 Å². The Morgan fingerprint density at radius 1 is 1.33 bits per heavy atom. The van der Waals surface area contributed by atoms with Crippen LogP contribution in [-0.2, 0) is 6.54 Å². The van der Waals surface area contributed by atoms with Crippen molar-refractivity contribution in [2.24, 2.45) is 5.92 Å². The summed E-state index contributed by atoms with van der Waals surface area (Å²) in [6.45, 7) is 4.33. The van der Waals surface area contributed by atoms with E-state index in [1.54, 1.807) is 0 Å². The van der Waals surface area contributed by atoms with E-state index in [1.165, 1.54) is 5.56 Å². The minimum Gasteiger partial charge on any atom is -0.302 e. The van der Waals surface area contributed by atoms with E-state index < -0.39 is 0 Å². The lowest BCUT2D eigenvalue weighted by atomic mass is 10.2. The van der Waals surface area contributed by atoms with Gasteiger partial charge in [0.1, 0.15) is 0 Å². The summed E-state index contributed by atoms with van der Waals surface area (Å²) in [5.41, 5.74) is 1.35. The van der Waals surface area contributed by atoms with E-state index in [-0.39, 0.29) is 0 Å². The summed E-state index contributed by atoms with van der Waals surface area (Å²) in [6, 6.07) is 8.49. The van der Waals surface area contributed by atoms with E-state index in [2.05, 4.69) is 71.7 Å². The number of rotatable bonds is 5. The molecule has 0 heterocycles. The lowest BCUT2D eigenvalue weighted by Gasteiger charge is -2.20. The molecule has 1 unspecified atom stereocenters. The monoisotopic (exact) mass is 287 g/mol. The molecule has 0 aliphatic carbocycles. The van der Waals surface area contributed by atoms with Crippen LogP contribution < -0.4 is 0 Å². The first-order valence-corrected chi connectivity index (χ1v) is 6.58. The van der Waals surface area contributed by atoms with Crippen molar-refractivity contribution >= 4 is 28.6 Å². The van der Waals surface area contributed by atoms with Crippen LogP contribution in [0.25, 0.3) is 0 Å². The fraction of sp³-hybridized carbons (Fsp3) is 0.500. The van der Waals surface area contributed by atoms with Crippen molar-refractivity contribution in [3.05, 3.63) is 34.3 Å². The van der Waals surface area contributed by atoms with Crippen LogP contribution in [0, 0.1) is 5.92 Å². The normalized spacial score (nSPS) is 13.1. The van der Waals surface area contributed by atoms with E-state index >= 15 is 0 Å². The Morgan fingerprint density at radius 2 is 1.93 bits per heavy atom. The van der Waals surface area contributed by atoms with E-state index in [0.29, 0.717) is 5.92 Å². The molecule has 0 aromatic heterocycles. The van der Waals surface area contributed by atoms with Gasteiger partial charge in [-0.05, 0) is 36.4 Å². The molecule has 1 aromatic carbocycles. The van der Waals surface area contributed by atoms with Gasteiger partial charge in [-0.15, -0.1) is 0 Å². The Hall–Kier alpha value is 0.01000. The number of hydrogen-bond acceptors (Lipinski definition) is 2. The van der Waals surface area contributed by atoms with Crippen LogP contribution in [0.1, 0.15) is 12.5 Å². The van der Waals surface area contributed by atoms with E-state index in [1.807, 2.05) is 0 Å². The average molecular weight is 288 g/mol. The van der Waals surface area contributed by atoms with Crippen LogP contribution in [-0.4, -0.2) is 24.2 Å². The summed E-state index contributed by atoms with van der Waals surface area (Å²) >= 11 is 7.74. The molecule has 0 aliphatic heterocycles. The predicted molar refractivity (Wildman–Crippen MR) is 73.5 cm³/mol. The molecule has 0 saturated heterocycles. The van der Waals surface area contributed by atoms with Gasteiger partial charge in [-0.3, -0.25) is 0 Å². The maximum atomic E-state index is 4.30. The summed E-state index contributed by atoms with van der Waals surface area (Å²) in [4.78, 5) is 2.34. The molecule has 0 radical (unpaired) electrons. The summed E-state index contributed by atoms with van der Waals surface area (Å²) in [7, 11) is 2.15. The van der Waals surface area contributed by atoms with Crippen LogP contribution in [0.2, 0.25) is 0 Å². The minimum absolute atomic E-state index is 0.647. The Bertz CT molecular complexity index is 286. The minimum atomic E-state index is 0.647. The molecule has 0 amide bonds. The van der Waals surface area contributed by atoms with Gasteiger partial charge in [0, 0.05) is 17.6 Å². The maximum Gasteiger partial charge on any atom is 0.0230 e. The topological polar surface area (TPSA) is 3.24 Å². The van der Waals surface area contributed by atoms with Gasteiger partial charge >= 0.3 is 0 Å². The van der Waals surface area contributed by atoms with Gasteiger partial charge in [0.05, 0.1) is 0 Å². The molecule has 15 heavy (non-hydrogen) atoms. The van der Waals surface area contributed by atoms with Gasteiger partial charge in [-0.1, -0.05) is 35.0 Å². The quantitative estimate of drug-likeness (QED) is 0.812. The summed E-state index contributed by atoms with van der Waals surface area (Å²) in [5.74, 6) is 1.60. The van der Waals surface area contributed by atoms with Crippen LogP contribution in [0.3, 0.4) is 0 Å². The first-order valence-electron chi connectivity index (χ1n) is 5.15. The zero-order valence-corrected chi connectivity index (χ0v) is 11.8. The third-order valence-electron chi connectivity index (χ3n) is 2.30. The summed E-state index contributed by atoms with van der Waals surface area (Å²) in [6.07, 6.45) is 0. The van der Waals surface area contributed by atoms with Crippen molar-refractivity contribution in [2.45, 2.75) is 13.5 Å². The third-order valence-corrected chi connectivity index (χ3v) is 3.45. The summed E-state index contributed by atoms with van der Waals surface area (Å²) in [5, 5.41) is 0. The molecule has 1 aromatic rings. The highest BCUT2D eigenvalue weighted by molar-refractivity contribution is 9.10. The molecule has 0 aliphatic rings. The molecule has 1 rings (SSSR count). The highest BCUT2D eigenvalue weighted by Gasteiger charge is 2.05. The molecule has 3 heteroatoms. The standard InChI is InChI=1S/C12H18BrNS/c1-10(9-15)7-14(2)8-11-3-5-12(13)6-4-11/h3-6,10,15H,7-9H2,1-2H3. The fourth-order valence-electron chi connectivity index (χ4n) is 1.56. The number of halogens is 1. The second kappa shape index (κ2) is 6.56. The van der Waals surface area contributed by atoms with Crippen molar-refractivity contribution in [1.29, 1.82) is 0 Å².